The maximum atomic E-state index is 12.2. The van der Waals surface area contributed by atoms with Crippen LogP contribution in [0.5, 0.6) is 0 Å². The van der Waals surface area contributed by atoms with E-state index in [1.165, 1.54) is 30.6 Å². The lowest BCUT2D eigenvalue weighted by molar-refractivity contribution is -0.119. The number of anilines is 1. The smallest absolute Gasteiger partial charge is 0.348 e. The molecule has 0 radical (unpaired) electrons. The Labute approximate surface area is 172 Å². The van der Waals surface area contributed by atoms with Gasteiger partial charge < -0.3 is 10.1 Å². The number of halogens is 2. The molecule has 8 heteroatoms. The molecule has 1 aliphatic heterocycles. The number of piperidine rings is 1. The fourth-order valence-corrected chi connectivity index (χ4v) is 4.19. The first kappa shape index (κ1) is 20.1. The molecule has 144 valence electrons. The second-order valence-corrected chi connectivity index (χ2v) is 8.28. The fraction of sp³-hybridized carbons (Fsp3) is 0.368. The molecule has 0 atom stereocenters. The van der Waals surface area contributed by atoms with E-state index in [0.717, 1.165) is 24.5 Å². The number of thiophene rings is 1. The zero-order chi connectivity index (χ0) is 19.2. The third-order valence-corrected chi connectivity index (χ3v) is 6.12. The Kier molecular flexibility index (Phi) is 7.13. The molecule has 1 fully saturated rings. The summed E-state index contributed by atoms with van der Waals surface area (Å²) in [4.78, 5) is 28.2. The average Bonchev–Trinajstić information content (AvgIpc) is 3.13. The molecule has 2 heterocycles. The standard InChI is InChI=1S/C19H20Cl2N2O3S/c20-14-5-4-6-15(18(14)21)22-17(24)12-26-19(25)16-8-7-13(27-16)11-23-9-2-1-3-10-23/h4-8H,1-3,9-12H2,(H,22,24). The van der Waals surface area contributed by atoms with Gasteiger partial charge in [0.1, 0.15) is 4.88 Å². The van der Waals surface area contributed by atoms with Gasteiger partial charge >= 0.3 is 5.97 Å². The average molecular weight is 427 g/mol. The van der Waals surface area contributed by atoms with Gasteiger partial charge in [0.15, 0.2) is 6.61 Å². The largest absolute Gasteiger partial charge is 0.451 e. The number of nitrogens with zero attached hydrogens (tertiary/aromatic N) is 1. The number of hydrogen-bond donors (Lipinski definition) is 1. The summed E-state index contributed by atoms with van der Waals surface area (Å²) < 4.78 is 5.11. The van der Waals surface area contributed by atoms with Crippen LogP contribution in [0.1, 0.15) is 33.8 Å². The number of amides is 1. The highest BCUT2D eigenvalue weighted by Crippen LogP contribution is 2.29. The molecule has 3 rings (SSSR count). The molecule has 0 saturated carbocycles. The van der Waals surface area contributed by atoms with E-state index in [9.17, 15) is 9.59 Å². The maximum absolute atomic E-state index is 12.2. The van der Waals surface area contributed by atoms with E-state index in [4.69, 9.17) is 27.9 Å². The molecule has 0 aliphatic carbocycles. The van der Waals surface area contributed by atoms with Crippen LogP contribution in [-0.2, 0) is 16.1 Å². The Hall–Kier alpha value is -1.60. The van der Waals surface area contributed by atoms with Gasteiger partial charge in [0, 0.05) is 11.4 Å². The van der Waals surface area contributed by atoms with Crippen molar-refractivity contribution in [3.05, 3.63) is 50.1 Å². The molecule has 1 saturated heterocycles. The zero-order valence-electron chi connectivity index (χ0n) is 14.7. The number of carbonyl (C=O) groups excluding carboxylic acids is 2. The van der Waals surface area contributed by atoms with Crippen molar-refractivity contribution in [2.24, 2.45) is 0 Å². The number of carbonyl (C=O) groups is 2. The molecule has 1 aromatic carbocycles. The number of esters is 1. The van der Waals surface area contributed by atoms with Crippen molar-refractivity contribution in [2.45, 2.75) is 25.8 Å². The number of likely N-dealkylation sites (tertiary alicyclic amines) is 1. The first-order valence-electron chi connectivity index (χ1n) is 8.75. The molecule has 27 heavy (non-hydrogen) atoms. The van der Waals surface area contributed by atoms with E-state index in [-0.39, 0.29) is 11.6 Å². The van der Waals surface area contributed by atoms with Crippen LogP contribution in [-0.4, -0.2) is 36.5 Å². The Morgan fingerprint density at radius 3 is 2.67 bits per heavy atom. The van der Waals surface area contributed by atoms with Gasteiger partial charge in [-0.2, -0.15) is 0 Å². The van der Waals surface area contributed by atoms with Crippen LogP contribution in [0.2, 0.25) is 10.0 Å². The maximum Gasteiger partial charge on any atom is 0.348 e. The normalized spacial score (nSPS) is 14.7. The molecular weight excluding hydrogens is 407 g/mol. The SMILES string of the molecule is O=C(COC(=O)c1ccc(CN2CCCCC2)s1)Nc1cccc(Cl)c1Cl. The summed E-state index contributed by atoms with van der Waals surface area (Å²) in [5.41, 5.74) is 0.380. The minimum absolute atomic E-state index is 0.249. The van der Waals surface area contributed by atoms with Gasteiger partial charge in [0.05, 0.1) is 15.7 Å². The quantitative estimate of drug-likeness (QED) is 0.671. The Morgan fingerprint density at radius 1 is 1.11 bits per heavy atom. The van der Waals surface area contributed by atoms with Crippen molar-refractivity contribution in [2.75, 3.05) is 25.0 Å². The number of ether oxygens (including phenoxy) is 1. The molecule has 2 aromatic rings. The monoisotopic (exact) mass is 426 g/mol. The minimum atomic E-state index is -0.503. The van der Waals surface area contributed by atoms with Gasteiger partial charge in [-0.3, -0.25) is 9.69 Å². The summed E-state index contributed by atoms with van der Waals surface area (Å²) >= 11 is 13.3. The molecular formula is C19H20Cl2N2O3S. The number of rotatable bonds is 6. The van der Waals surface area contributed by atoms with E-state index in [0.29, 0.717) is 15.6 Å². The molecule has 1 amide bonds. The molecule has 0 unspecified atom stereocenters. The number of nitrogens with one attached hydrogen (secondary N) is 1. The zero-order valence-corrected chi connectivity index (χ0v) is 17.0. The van der Waals surface area contributed by atoms with Gasteiger partial charge in [-0.15, -0.1) is 11.3 Å². The number of hydrogen-bond acceptors (Lipinski definition) is 5. The van der Waals surface area contributed by atoms with Crippen molar-refractivity contribution in [3.8, 4) is 0 Å². The van der Waals surface area contributed by atoms with Gasteiger partial charge in [-0.25, -0.2) is 4.79 Å². The summed E-state index contributed by atoms with van der Waals surface area (Å²) in [6.07, 6.45) is 3.75. The van der Waals surface area contributed by atoms with Crippen molar-refractivity contribution < 1.29 is 14.3 Å². The molecule has 0 spiro atoms. The van der Waals surface area contributed by atoms with E-state index >= 15 is 0 Å². The minimum Gasteiger partial charge on any atom is -0.451 e. The highest BCUT2D eigenvalue weighted by atomic mass is 35.5. The lowest BCUT2D eigenvalue weighted by atomic mass is 10.1. The first-order valence-corrected chi connectivity index (χ1v) is 10.3. The van der Waals surface area contributed by atoms with Crippen molar-refractivity contribution in [1.29, 1.82) is 0 Å². The third kappa shape index (κ3) is 5.69. The Balaban J connectivity index is 1.48. The van der Waals surface area contributed by atoms with Crippen LogP contribution in [0, 0.1) is 0 Å². The highest BCUT2D eigenvalue weighted by Gasteiger charge is 2.16. The van der Waals surface area contributed by atoms with E-state index < -0.39 is 11.9 Å². The van der Waals surface area contributed by atoms with Crippen molar-refractivity contribution >= 4 is 52.1 Å². The summed E-state index contributed by atoms with van der Waals surface area (Å²) in [6.45, 7) is 2.67. The lowest BCUT2D eigenvalue weighted by Crippen LogP contribution is -2.28. The van der Waals surface area contributed by atoms with Gasteiger partial charge in [0.2, 0.25) is 0 Å². The van der Waals surface area contributed by atoms with Crippen LogP contribution < -0.4 is 5.32 Å². The van der Waals surface area contributed by atoms with Crippen LogP contribution in [0.25, 0.3) is 0 Å². The second-order valence-electron chi connectivity index (χ2n) is 6.33. The predicted molar refractivity (Wildman–Crippen MR) is 109 cm³/mol. The van der Waals surface area contributed by atoms with E-state index in [1.54, 1.807) is 24.3 Å². The topological polar surface area (TPSA) is 58.6 Å². The van der Waals surface area contributed by atoms with Gasteiger partial charge in [0.25, 0.3) is 5.91 Å². The molecule has 1 N–H and O–H groups in total. The molecule has 1 aliphatic rings. The molecule has 1 aromatic heterocycles. The van der Waals surface area contributed by atoms with Gasteiger partial charge in [-0.1, -0.05) is 35.7 Å². The van der Waals surface area contributed by atoms with Crippen LogP contribution in [0.15, 0.2) is 30.3 Å². The summed E-state index contributed by atoms with van der Waals surface area (Å²) in [7, 11) is 0. The Morgan fingerprint density at radius 2 is 1.89 bits per heavy atom. The Bertz CT molecular complexity index is 819. The van der Waals surface area contributed by atoms with Gasteiger partial charge in [-0.05, 0) is 50.2 Å². The van der Waals surface area contributed by atoms with Crippen LogP contribution in [0.4, 0.5) is 5.69 Å². The summed E-state index contributed by atoms with van der Waals surface area (Å²) in [6, 6.07) is 8.61. The molecule has 5 nitrogen and oxygen atoms in total. The van der Waals surface area contributed by atoms with Crippen LogP contribution >= 0.6 is 34.5 Å². The highest BCUT2D eigenvalue weighted by molar-refractivity contribution is 7.13. The fourth-order valence-electron chi connectivity index (χ4n) is 2.90. The van der Waals surface area contributed by atoms with Crippen molar-refractivity contribution in [3.63, 3.8) is 0 Å². The van der Waals surface area contributed by atoms with Crippen LogP contribution in [0.3, 0.4) is 0 Å². The summed E-state index contributed by atoms with van der Waals surface area (Å²) in [5, 5.41) is 3.17. The number of benzene rings is 1. The molecule has 0 bridgehead atoms. The lowest BCUT2D eigenvalue weighted by Gasteiger charge is -2.25. The predicted octanol–water partition coefficient (Wildman–Crippen LogP) is 4.84. The van der Waals surface area contributed by atoms with E-state index in [2.05, 4.69) is 10.2 Å². The first-order chi connectivity index (χ1) is 13.0. The second kappa shape index (κ2) is 9.55. The van der Waals surface area contributed by atoms with Crippen molar-refractivity contribution in [1.82, 2.24) is 4.90 Å². The third-order valence-electron chi connectivity index (χ3n) is 4.25. The summed E-state index contributed by atoms with van der Waals surface area (Å²) in [5.74, 6) is -0.977. The van der Waals surface area contributed by atoms with E-state index in [1.807, 2.05) is 6.07 Å².